The number of hydrogen-bond acceptors (Lipinski definition) is 7. The molecule has 0 aliphatic carbocycles. The maximum atomic E-state index is 12.1. The van der Waals surface area contributed by atoms with Crippen LogP contribution in [-0.4, -0.2) is 37.2 Å². The molecular weight excluding hydrogens is 332 g/mol. The van der Waals surface area contributed by atoms with Gasteiger partial charge in [-0.1, -0.05) is 23.1 Å². The number of carbonyl (C=O) groups is 1. The summed E-state index contributed by atoms with van der Waals surface area (Å²) in [5.74, 6) is 0.906. The standard InChI is InChI=1S/C14H22N6OS2/c1-9(2)20-10(6-7-15-20)16-11(21)8-22-13-19-18-12(23-13)17-14(3,4)5/h6-7,9H,8H2,1-5H3,(H,16,21)(H,17,18). The maximum Gasteiger partial charge on any atom is 0.235 e. The summed E-state index contributed by atoms with van der Waals surface area (Å²) >= 11 is 2.82. The summed E-state index contributed by atoms with van der Waals surface area (Å²) in [7, 11) is 0. The molecule has 2 aromatic rings. The third-order valence-electron chi connectivity index (χ3n) is 2.64. The van der Waals surface area contributed by atoms with Crippen LogP contribution in [0.1, 0.15) is 40.7 Å². The predicted octanol–water partition coefficient (Wildman–Crippen LogP) is 3.26. The van der Waals surface area contributed by atoms with Crippen LogP contribution in [0.4, 0.5) is 10.9 Å². The van der Waals surface area contributed by atoms with Crippen molar-refractivity contribution >= 4 is 40.0 Å². The molecule has 0 fully saturated rings. The van der Waals surface area contributed by atoms with Gasteiger partial charge < -0.3 is 10.6 Å². The molecule has 2 rings (SSSR count). The number of amides is 1. The second kappa shape index (κ2) is 7.31. The van der Waals surface area contributed by atoms with E-state index in [0.717, 1.165) is 9.47 Å². The highest BCUT2D eigenvalue weighted by atomic mass is 32.2. The zero-order valence-electron chi connectivity index (χ0n) is 14.0. The summed E-state index contributed by atoms with van der Waals surface area (Å²) in [5, 5.41) is 19.3. The molecule has 2 aromatic heterocycles. The molecule has 126 valence electrons. The smallest absolute Gasteiger partial charge is 0.235 e. The van der Waals surface area contributed by atoms with Gasteiger partial charge in [0.15, 0.2) is 4.34 Å². The fraction of sp³-hybridized carbons (Fsp3) is 0.571. The van der Waals surface area contributed by atoms with E-state index >= 15 is 0 Å². The van der Waals surface area contributed by atoms with Crippen molar-refractivity contribution < 1.29 is 4.79 Å². The first-order chi connectivity index (χ1) is 10.7. The van der Waals surface area contributed by atoms with Gasteiger partial charge in [0.2, 0.25) is 11.0 Å². The number of hydrogen-bond donors (Lipinski definition) is 2. The summed E-state index contributed by atoms with van der Waals surface area (Å²) in [6.07, 6.45) is 1.68. The van der Waals surface area contributed by atoms with Crippen molar-refractivity contribution in [2.24, 2.45) is 0 Å². The van der Waals surface area contributed by atoms with E-state index in [1.165, 1.54) is 23.1 Å². The molecule has 0 aliphatic rings. The number of nitrogens with zero attached hydrogens (tertiary/aromatic N) is 4. The van der Waals surface area contributed by atoms with Crippen LogP contribution >= 0.6 is 23.1 Å². The van der Waals surface area contributed by atoms with E-state index in [-0.39, 0.29) is 23.2 Å². The summed E-state index contributed by atoms with van der Waals surface area (Å²) in [6.45, 7) is 10.2. The number of rotatable bonds is 6. The van der Waals surface area contributed by atoms with E-state index in [4.69, 9.17) is 0 Å². The molecule has 0 spiro atoms. The number of thioether (sulfide) groups is 1. The number of anilines is 2. The summed E-state index contributed by atoms with van der Waals surface area (Å²) in [6, 6.07) is 1.99. The van der Waals surface area contributed by atoms with Crippen molar-refractivity contribution in [1.82, 2.24) is 20.0 Å². The van der Waals surface area contributed by atoms with Crippen LogP contribution in [0.5, 0.6) is 0 Å². The Morgan fingerprint density at radius 3 is 2.78 bits per heavy atom. The highest BCUT2D eigenvalue weighted by molar-refractivity contribution is 8.01. The molecule has 0 saturated carbocycles. The third kappa shape index (κ3) is 5.51. The Morgan fingerprint density at radius 1 is 1.39 bits per heavy atom. The van der Waals surface area contributed by atoms with Crippen molar-refractivity contribution in [3.63, 3.8) is 0 Å². The van der Waals surface area contributed by atoms with Gasteiger partial charge in [-0.3, -0.25) is 4.79 Å². The van der Waals surface area contributed by atoms with E-state index in [1.807, 2.05) is 13.8 Å². The normalized spacial score (nSPS) is 11.7. The van der Waals surface area contributed by atoms with Crippen LogP contribution in [-0.2, 0) is 4.79 Å². The largest absolute Gasteiger partial charge is 0.355 e. The Morgan fingerprint density at radius 2 is 2.13 bits per heavy atom. The molecule has 2 heterocycles. The molecule has 0 saturated heterocycles. The quantitative estimate of drug-likeness (QED) is 0.775. The maximum absolute atomic E-state index is 12.1. The minimum atomic E-state index is -0.0852. The van der Waals surface area contributed by atoms with Crippen LogP contribution in [0.15, 0.2) is 16.6 Å². The summed E-state index contributed by atoms with van der Waals surface area (Å²) in [5.41, 5.74) is -0.0614. The van der Waals surface area contributed by atoms with E-state index in [0.29, 0.717) is 5.82 Å². The van der Waals surface area contributed by atoms with Gasteiger partial charge in [-0.25, -0.2) is 4.68 Å². The van der Waals surface area contributed by atoms with Crippen molar-refractivity contribution in [3.8, 4) is 0 Å². The summed E-state index contributed by atoms with van der Waals surface area (Å²) < 4.78 is 2.54. The number of nitrogens with one attached hydrogen (secondary N) is 2. The molecule has 2 N–H and O–H groups in total. The second-order valence-electron chi connectivity index (χ2n) is 6.34. The molecular formula is C14H22N6OS2. The van der Waals surface area contributed by atoms with Crippen LogP contribution in [0.2, 0.25) is 0 Å². The first-order valence-electron chi connectivity index (χ1n) is 7.32. The van der Waals surface area contributed by atoms with Crippen molar-refractivity contribution in [3.05, 3.63) is 12.3 Å². The van der Waals surface area contributed by atoms with Gasteiger partial charge in [0, 0.05) is 17.6 Å². The predicted molar refractivity (Wildman–Crippen MR) is 95.3 cm³/mol. The fourth-order valence-electron chi connectivity index (χ4n) is 1.77. The third-order valence-corrected chi connectivity index (χ3v) is 4.61. The van der Waals surface area contributed by atoms with E-state index in [2.05, 4.69) is 46.7 Å². The number of aromatic nitrogens is 4. The van der Waals surface area contributed by atoms with Crippen LogP contribution in [0.25, 0.3) is 0 Å². The highest BCUT2D eigenvalue weighted by Crippen LogP contribution is 2.27. The zero-order valence-corrected chi connectivity index (χ0v) is 15.6. The van der Waals surface area contributed by atoms with E-state index in [1.54, 1.807) is 16.9 Å². The zero-order chi connectivity index (χ0) is 17.0. The van der Waals surface area contributed by atoms with Gasteiger partial charge in [0.1, 0.15) is 5.82 Å². The highest BCUT2D eigenvalue weighted by Gasteiger charge is 2.15. The second-order valence-corrected chi connectivity index (χ2v) is 8.54. The van der Waals surface area contributed by atoms with E-state index < -0.39 is 0 Å². The van der Waals surface area contributed by atoms with Crippen molar-refractivity contribution in [2.45, 2.75) is 50.5 Å². The average molecular weight is 355 g/mol. The van der Waals surface area contributed by atoms with Crippen LogP contribution < -0.4 is 10.6 Å². The van der Waals surface area contributed by atoms with E-state index in [9.17, 15) is 4.79 Å². The topological polar surface area (TPSA) is 84.7 Å². The van der Waals surface area contributed by atoms with Gasteiger partial charge in [-0.2, -0.15) is 5.10 Å². The molecule has 9 heteroatoms. The molecule has 0 aliphatic heterocycles. The SMILES string of the molecule is CC(C)n1nccc1NC(=O)CSc1nnc(NC(C)(C)C)s1. The Kier molecular flexibility index (Phi) is 5.64. The molecule has 23 heavy (non-hydrogen) atoms. The minimum absolute atomic E-state index is 0.0614. The monoisotopic (exact) mass is 354 g/mol. The Bertz CT molecular complexity index is 658. The van der Waals surface area contributed by atoms with Crippen molar-refractivity contribution in [2.75, 3.05) is 16.4 Å². The van der Waals surface area contributed by atoms with Gasteiger partial charge in [-0.15, -0.1) is 10.2 Å². The molecule has 0 aromatic carbocycles. The molecule has 0 bridgehead atoms. The lowest BCUT2D eigenvalue weighted by Gasteiger charge is -2.18. The Hall–Kier alpha value is -1.61. The molecule has 0 unspecified atom stereocenters. The van der Waals surface area contributed by atoms with Crippen molar-refractivity contribution in [1.29, 1.82) is 0 Å². The number of carbonyl (C=O) groups excluding carboxylic acids is 1. The first-order valence-corrected chi connectivity index (χ1v) is 9.12. The van der Waals surface area contributed by atoms with Gasteiger partial charge in [0.05, 0.1) is 11.9 Å². The summed E-state index contributed by atoms with van der Waals surface area (Å²) in [4.78, 5) is 12.1. The molecule has 1 amide bonds. The van der Waals surface area contributed by atoms with Crippen LogP contribution in [0.3, 0.4) is 0 Å². The van der Waals surface area contributed by atoms with Gasteiger partial charge in [-0.05, 0) is 34.6 Å². The Balaban J connectivity index is 1.86. The van der Waals surface area contributed by atoms with Gasteiger partial charge >= 0.3 is 0 Å². The molecule has 0 radical (unpaired) electrons. The fourth-order valence-corrected chi connectivity index (χ4v) is 3.53. The lowest BCUT2D eigenvalue weighted by Crippen LogP contribution is -2.25. The Labute approximate surface area is 144 Å². The first kappa shape index (κ1) is 17.7. The van der Waals surface area contributed by atoms with Crippen LogP contribution in [0, 0.1) is 0 Å². The molecule has 0 atom stereocenters. The molecule has 7 nitrogen and oxygen atoms in total. The lowest BCUT2D eigenvalue weighted by atomic mass is 10.1. The van der Waals surface area contributed by atoms with Gasteiger partial charge in [0.25, 0.3) is 0 Å². The minimum Gasteiger partial charge on any atom is -0.355 e. The lowest BCUT2D eigenvalue weighted by molar-refractivity contribution is -0.113. The average Bonchev–Trinajstić information content (AvgIpc) is 3.03.